The van der Waals surface area contributed by atoms with E-state index in [-0.39, 0.29) is 0 Å². The average molecular weight is 287 g/mol. The van der Waals surface area contributed by atoms with Crippen LogP contribution in [-0.2, 0) is 11.2 Å². The molecule has 3 nitrogen and oxygen atoms in total. The van der Waals surface area contributed by atoms with Gasteiger partial charge < -0.3 is 5.11 Å². The zero-order valence-corrected chi connectivity index (χ0v) is 12.6. The number of carboxylic acids is 1. The van der Waals surface area contributed by atoms with Crippen molar-refractivity contribution in [3.05, 3.63) is 35.4 Å². The fourth-order valence-corrected chi connectivity index (χ4v) is 3.99. The molecule has 2 aliphatic rings. The quantitative estimate of drug-likeness (QED) is 0.919. The van der Waals surface area contributed by atoms with Crippen molar-refractivity contribution in [2.45, 2.75) is 51.0 Å². The molecular weight excluding hydrogens is 262 g/mol. The second-order valence-corrected chi connectivity index (χ2v) is 6.52. The molecule has 0 amide bonds. The smallest absolute Gasteiger partial charge is 0.303 e. The zero-order chi connectivity index (χ0) is 14.7. The van der Waals surface area contributed by atoms with Crippen molar-refractivity contribution in [2.24, 2.45) is 5.92 Å². The van der Waals surface area contributed by atoms with Crippen LogP contribution in [0, 0.1) is 5.92 Å². The third-order valence-corrected chi connectivity index (χ3v) is 5.19. The number of rotatable bonds is 4. The van der Waals surface area contributed by atoms with Gasteiger partial charge in [-0.15, -0.1) is 0 Å². The van der Waals surface area contributed by atoms with E-state index in [1.54, 1.807) is 0 Å². The number of hydrogen-bond donors (Lipinski definition) is 1. The molecule has 1 aliphatic heterocycles. The summed E-state index contributed by atoms with van der Waals surface area (Å²) in [7, 11) is 0. The van der Waals surface area contributed by atoms with Gasteiger partial charge in [0.1, 0.15) is 0 Å². The van der Waals surface area contributed by atoms with Gasteiger partial charge in [-0.1, -0.05) is 24.3 Å². The van der Waals surface area contributed by atoms with E-state index < -0.39 is 5.97 Å². The van der Waals surface area contributed by atoms with E-state index in [0.717, 1.165) is 32.4 Å². The summed E-state index contributed by atoms with van der Waals surface area (Å²) in [5, 5.41) is 8.80. The molecule has 0 spiro atoms. The highest BCUT2D eigenvalue weighted by Crippen LogP contribution is 2.36. The van der Waals surface area contributed by atoms with E-state index in [4.69, 9.17) is 5.11 Å². The Morgan fingerprint density at radius 3 is 2.71 bits per heavy atom. The Morgan fingerprint density at radius 1 is 1.19 bits per heavy atom. The van der Waals surface area contributed by atoms with E-state index in [2.05, 4.69) is 29.2 Å². The maximum absolute atomic E-state index is 10.7. The Morgan fingerprint density at radius 2 is 1.95 bits per heavy atom. The lowest BCUT2D eigenvalue weighted by atomic mass is 9.84. The summed E-state index contributed by atoms with van der Waals surface area (Å²) in [6.07, 6.45) is 7.29. The van der Waals surface area contributed by atoms with Crippen LogP contribution in [0.15, 0.2) is 24.3 Å². The first-order valence-corrected chi connectivity index (χ1v) is 8.27. The Kier molecular flexibility index (Phi) is 4.59. The summed E-state index contributed by atoms with van der Waals surface area (Å²) in [5.74, 6) is -0.0465. The number of carboxylic acid groups (broad SMARTS) is 1. The molecule has 1 aliphatic carbocycles. The van der Waals surface area contributed by atoms with Crippen molar-refractivity contribution in [3.8, 4) is 0 Å². The normalized spacial score (nSPS) is 23.7. The van der Waals surface area contributed by atoms with Gasteiger partial charge in [0.05, 0.1) is 0 Å². The van der Waals surface area contributed by atoms with Crippen LogP contribution in [0.2, 0.25) is 0 Å². The highest BCUT2D eigenvalue weighted by molar-refractivity contribution is 5.66. The molecule has 1 atom stereocenters. The first kappa shape index (κ1) is 14.6. The molecule has 1 aromatic rings. The molecule has 0 aromatic heterocycles. The van der Waals surface area contributed by atoms with Gasteiger partial charge >= 0.3 is 5.97 Å². The standard InChI is InChI=1S/C18H25NO2/c20-18(21)9-8-14-10-12-19(13-11-14)17-7-3-5-15-4-1-2-6-16(15)17/h1-2,4,6,14,17H,3,5,7-13H2,(H,20,21). The molecule has 1 heterocycles. The molecule has 3 heteroatoms. The van der Waals surface area contributed by atoms with Gasteiger partial charge in [0.2, 0.25) is 0 Å². The fraction of sp³-hybridized carbons (Fsp3) is 0.611. The number of benzene rings is 1. The van der Waals surface area contributed by atoms with Crippen LogP contribution >= 0.6 is 0 Å². The molecular formula is C18H25NO2. The predicted molar refractivity (Wildman–Crippen MR) is 83.3 cm³/mol. The molecule has 21 heavy (non-hydrogen) atoms. The molecule has 114 valence electrons. The molecule has 1 N–H and O–H groups in total. The Labute approximate surface area is 127 Å². The molecule has 0 saturated carbocycles. The van der Waals surface area contributed by atoms with Crippen molar-refractivity contribution < 1.29 is 9.90 Å². The number of aliphatic carboxylic acids is 1. The highest BCUT2D eigenvalue weighted by Gasteiger charge is 2.29. The highest BCUT2D eigenvalue weighted by atomic mass is 16.4. The number of nitrogens with zero attached hydrogens (tertiary/aromatic N) is 1. The number of hydrogen-bond acceptors (Lipinski definition) is 2. The van der Waals surface area contributed by atoms with E-state index in [1.165, 1.54) is 30.4 Å². The van der Waals surface area contributed by atoms with Crippen LogP contribution in [0.4, 0.5) is 0 Å². The minimum absolute atomic E-state index is 0.330. The van der Waals surface area contributed by atoms with Crippen molar-refractivity contribution in [3.63, 3.8) is 0 Å². The van der Waals surface area contributed by atoms with Gasteiger partial charge in [0.25, 0.3) is 0 Å². The fourth-order valence-electron chi connectivity index (χ4n) is 3.99. The zero-order valence-electron chi connectivity index (χ0n) is 12.6. The largest absolute Gasteiger partial charge is 0.481 e. The lowest BCUT2D eigenvalue weighted by Gasteiger charge is -2.40. The number of fused-ring (bicyclic) bond motifs is 1. The SMILES string of the molecule is O=C(O)CCC1CCN(C2CCCc3ccccc32)CC1. The third kappa shape index (κ3) is 3.46. The first-order valence-electron chi connectivity index (χ1n) is 8.27. The van der Waals surface area contributed by atoms with Crippen molar-refractivity contribution >= 4 is 5.97 Å². The number of carbonyl (C=O) groups is 1. The Hall–Kier alpha value is -1.35. The summed E-state index contributed by atoms with van der Waals surface area (Å²) < 4.78 is 0. The first-order chi connectivity index (χ1) is 10.2. The van der Waals surface area contributed by atoms with Crippen molar-refractivity contribution in [2.75, 3.05) is 13.1 Å². The summed E-state index contributed by atoms with van der Waals surface area (Å²) in [5.41, 5.74) is 3.06. The minimum Gasteiger partial charge on any atom is -0.481 e. The summed E-state index contributed by atoms with van der Waals surface area (Å²) >= 11 is 0. The number of likely N-dealkylation sites (tertiary alicyclic amines) is 1. The van der Waals surface area contributed by atoms with Crippen LogP contribution in [0.1, 0.15) is 55.7 Å². The topological polar surface area (TPSA) is 40.5 Å². The van der Waals surface area contributed by atoms with E-state index in [1.807, 2.05) is 0 Å². The lowest BCUT2D eigenvalue weighted by Crippen LogP contribution is -2.38. The molecule has 1 unspecified atom stereocenters. The summed E-state index contributed by atoms with van der Waals surface area (Å²) in [4.78, 5) is 13.3. The van der Waals surface area contributed by atoms with Gasteiger partial charge in [-0.05, 0) is 68.7 Å². The molecule has 1 saturated heterocycles. The maximum Gasteiger partial charge on any atom is 0.303 e. The second kappa shape index (κ2) is 6.61. The molecule has 1 aromatic carbocycles. The summed E-state index contributed by atoms with van der Waals surface area (Å²) in [6, 6.07) is 9.49. The van der Waals surface area contributed by atoms with Gasteiger partial charge in [0.15, 0.2) is 0 Å². The molecule has 3 rings (SSSR count). The van der Waals surface area contributed by atoms with Crippen LogP contribution in [0.5, 0.6) is 0 Å². The molecule has 1 fully saturated rings. The monoisotopic (exact) mass is 287 g/mol. The number of piperidine rings is 1. The van der Waals surface area contributed by atoms with Gasteiger partial charge in [0, 0.05) is 12.5 Å². The van der Waals surface area contributed by atoms with E-state index in [0.29, 0.717) is 18.4 Å². The van der Waals surface area contributed by atoms with Crippen molar-refractivity contribution in [1.82, 2.24) is 4.90 Å². The van der Waals surface area contributed by atoms with E-state index >= 15 is 0 Å². The van der Waals surface area contributed by atoms with Gasteiger partial charge in [-0.3, -0.25) is 9.69 Å². The van der Waals surface area contributed by atoms with Gasteiger partial charge in [-0.2, -0.15) is 0 Å². The van der Waals surface area contributed by atoms with Crippen LogP contribution < -0.4 is 0 Å². The van der Waals surface area contributed by atoms with Crippen molar-refractivity contribution in [1.29, 1.82) is 0 Å². The lowest BCUT2D eigenvalue weighted by molar-refractivity contribution is -0.137. The Balaban J connectivity index is 1.59. The molecule has 0 bridgehead atoms. The second-order valence-electron chi connectivity index (χ2n) is 6.52. The summed E-state index contributed by atoms with van der Waals surface area (Å²) in [6.45, 7) is 2.26. The van der Waals surface area contributed by atoms with Crippen LogP contribution in [0.3, 0.4) is 0 Å². The van der Waals surface area contributed by atoms with Crippen LogP contribution in [-0.4, -0.2) is 29.1 Å². The third-order valence-electron chi connectivity index (χ3n) is 5.19. The average Bonchev–Trinajstić information content (AvgIpc) is 2.53. The Bertz CT molecular complexity index is 492. The minimum atomic E-state index is -0.654. The predicted octanol–water partition coefficient (Wildman–Crippen LogP) is 3.64. The number of aryl methyl sites for hydroxylation is 1. The van der Waals surface area contributed by atoms with Gasteiger partial charge in [-0.25, -0.2) is 0 Å². The molecule has 0 radical (unpaired) electrons. The van der Waals surface area contributed by atoms with E-state index in [9.17, 15) is 4.79 Å². The van der Waals surface area contributed by atoms with Crippen LogP contribution in [0.25, 0.3) is 0 Å². The maximum atomic E-state index is 10.7.